The highest BCUT2D eigenvalue weighted by molar-refractivity contribution is 5.88. The van der Waals surface area contributed by atoms with E-state index in [4.69, 9.17) is 4.74 Å². The van der Waals surface area contributed by atoms with E-state index in [0.29, 0.717) is 18.7 Å². The van der Waals surface area contributed by atoms with Gasteiger partial charge in [0.05, 0.1) is 0 Å². The second-order valence-corrected chi connectivity index (χ2v) is 9.44. The van der Waals surface area contributed by atoms with Crippen molar-refractivity contribution in [3.63, 3.8) is 0 Å². The van der Waals surface area contributed by atoms with Gasteiger partial charge in [-0.25, -0.2) is 0 Å². The SMILES string of the molecule is Cc1cccc(CN(C(=O)COc2cc(C)ccc2C)C(Cc2ccccc2)C(=O)NC(C)C)c1. The van der Waals surface area contributed by atoms with Crippen molar-refractivity contribution in [3.8, 4) is 5.75 Å². The molecule has 184 valence electrons. The highest BCUT2D eigenvalue weighted by Gasteiger charge is 2.31. The van der Waals surface area contributed by atoms with Gasteiger partial charge in [0.15, 0.2) is 6.61 Å². The molecule has 1 N–H and O–H groups in total. The third-order valence-corrected chi connectivity index (χ3v) is 5.83. The fourth-order valence-corrected chi connectivity index (χ4v) is 4.03. The van der Waals surface area contributed by atoms with Crippen LogP contribution in [0, 0.1) is 20.8 Å². The number of nitrogens with one attached hydrogen (secondary N) is 1. The first kappa shape index (κ1) is 26.0. The Hall–Kier alpha value is -3.60. The number of hydrogen-bond acceptors (Lipinski definition) is 3. The molecule has 5 nitrogen and oxygen atoms in total. The first-order valence-electron chi connectivity index (χ1n) is 12.1. The van der Waals surface area contributed by atoms with Gasteiger partial charge in [0.2, 0.25) is 5.91 Å². The zero-order valence-electron chi connectivity index (χ0n) is 21.4. The van der Waals surface area contributed by atoms with Crippen LogP contribution in [0.15, 0.2) is 72.8 Å². The molecule has 0 bridgehead atoms. The zero-order chi connectivity index (χ0) is 25.4. The van der Waals surface area contributed by atoms with E-state index < -0.39 is 6.04 Å². The van der Waals surface area contributed by atoms with E-state index in [-0.39, 0.29) is 24.5 Å². The number of hydrogen-bond donors (Lipinski definition) is 1. The number of aryl methyl sites for hydroxylation is 3. The number of carbonyl (C=O) groups excluding carboxylic acids is 2. The molecule has 35 heavy (non-hydrogen) atoms. The van der Waals surface area contributed by atoms with Gasteiger partial charge in [-0.1, -0.05) is 72.3 Å². The van der Waals surface area contributed by atoms with Gasteiger partial charge in [-0.05, 0) is 62.9 Å². The van der Waals surface area contributed by atoms with Crippen LogP contribution in [0.4, 0.5) is 0 Å². The second-order valence-electron chi connectivity index (χ2n) is 9.44. The molecule has 0 aromatic heterocycles. The van der Waals surface area contributed by atoms with Crippen molar-refractivity contribution < 1.29 is 14.3 Å². The normalized spacial score (nSPS) is 11.7. The fourth-order valence-electron chi connectivity index (χ4n) is 4.03. The first-order chi connectivity index (χ1) is 16.7. The maximum atomic E-state index is 13.6. The summed E-state index contributed by atoms with van der Waals surface area (Å²) >= 11 is 0. The lowest BCUT2D eigenvalue weighted by Gasteiger charge is -2.32. The third-order valence-electron chi connectivity index (χ3n) is 5.83. The maximum absolute atomic E-state index is 13.6. The smallest absolute Gasteiger partial charge is 0.261 e. The lowest BCUT2D eigenvalue weighted by molar-refractivity contribution is -0.143. The van der Waals surface area contributed by atoms with Crippen LogP contribution >= 0.6 is 0 Å². The van der Waals surface area contributed by atoms with Gasteiger partial charge in [-0.2, -0.15) is 0 Å². The summed E-state index contributed by atoms with van der Waals surface area (Å²) in [6, 6.07) is 23.0. The Morgan fingerprint density at radius 3 is 2.23 bits per heavy atom. The summed E-state index contributed by atoms with van der Waals surface area (Å²) in [7, 11) is 0. The van der Waals surface area contributed by atoms with Crippen molar-refractivity contribution in [1.29, 1.82) is 0 Å². The number of amides is 2. The van der Waals surface area contributed by atoms with Gasteiger partial charge >= 0.3 is 0 Å². The average Bonchev–Trinajstić information content (AvgIpc) is 2.82. The molecule has 1 unspecified atom stereocenters. The van der Waals surface area contributed by atoms with Crippen molar-refractivity contribution >= 4 is 11.8 Å². The van der Waals surface area contributed by atoms with Crippen molar-refractivity contribution in [2.75, 3.05) is 6.61 Å². The Kier molecular flexibility index (Phi) is 9.07. The van der Waals surface area contributed by atoms with E-state index >= 15 is 0 Å². The summed E-state index contributed by atoms with van der Waals surface area (Å²) in [6.07, 6.45) is 0.417. The molecule has 2 amide bonds. The summed E-state index contributed by atoms with van der Waals surface area (Å²) in [5, 5.41) is 3.01. The van der Waals surface area contributed by atoms with E-state index in [0.717, 1.165) is 27.8 Å². The van der Waals surface area contributed by atoms with Crippen LogP contribution < -0.4 is 10.1 Å². The highest BCUT2D eigenvalue weighted by Crippen LogP contribution is 2.20. The van der Waals surface area contributed by atoms with Gasteiger partial charge in [0.25, 0.3) is 5.91 Å². The molecule has 0 aliphatic heterocycles. The number of benzene rings is 3. The molecule has 0 heterocycles. The number of carbonyl (C=O) groups is 2. The van der Waals surface area contributed by atoms with Crippen molar-refractivity contribution in [3.05, 3.63) is 101 Å². The molecule has 0 saturated carbocycles. The van der Waals surface area contributed by atoms with Gasteiger partial charge < -0.3 is 15.0 Å². The number of nitrogens with zero attached hydrogens (tertiary/aromatic N) is 1. The third kappa shape index (κ3) is 7.71. The number of rotatable bonds is 10. The van der Waals surface area contributed by atoms with Crippen LogP contribution in [0.1, 0.15) is 41.7 Å². The summed E-state index contributed by atoms with van der Waals surface area (Å²) in [6.45, 7) is 9.99. The number of ether oxygens (including phenoxy) is 1. The molecule has 0 radical (unpaired) electrons. The molecular formula is C30H36N2O3. The lowest BCUT2D eigenvalue weighted by Crippen LogP contribution is -2.52. The molecule has 3 aromatic carbocycles. The molecule has 0 saturated heterocycles. The summed E-state index contributed by atoms with van der Waals surface area (Å²) < 4.78 is 5.96. The lowest BCUT2D eigenvalue weighted by atomic mass is 10.0. The van der Waals surface area contributed by atoms with E-state index in [1.807, 2.05) is 107 Å². The quantitative estimate of drug-likeness (QED) is 0.444. The van der Waals surface area contributed by atoms with Crippen LogP contribution in [0.3, 0.4) is 0 Å². The molecule has 0 aliphatic rings. The van der Waals surface area contributed by atoms with Crippen LogP contribution in [0.25, 0.3) is 0 Å². The van der Waals surface area contributed by atoms with Crippen molar-refractivity contribution in [1.82, 2.24) is 10.2 Å². The van der Waals surface area contributed by atoms with Gasteiger partial charge in [0, 0.05) is 19.0 Å². The van der Waals surface area contributed by atoms with Gasteiger partial charge in [0.1, 0.15) is 11.8 Å². The standard InChI is InChI=1S/C30H36N2O3/c1-21(2)31-30(34)27(18-25-11-7-6-8-12-25)32(19-26-13-9-10-22(3)16-26)29(33)20-35-28-17-23(4)14-15-24(28)5/h6-17,21,27H,18-20H2,1-5H3,(H,31,34). The molecule has 1 atom stereocenters. The molecule has 3 aromatic rings. The Morgan fingerprint density at radius 2 is 1.54 bits per heavy atom. The van der Waals surface area contributed by atoms with Crippen molar-refractivity contribution in [2.45, 2.75) is 59.7 Å². The molecular weight excluding hydrogens is 436 g/mol. The first-order valence-corrected chi connectivity index (χ1v) is 12.1. The van der Waals surface area contributed by atoms with Crippen LogP contribution in [0.5, 0.6) is 5.75 Å². The molecule has 5 heteroatoms. The van der Waals surface area contributed by atoms with Crippen LogP contribution in [-0.2, 0) is 22.6 Å². The molecule has 0 aliphatic carbocycles. The Labute approximate surface area is 209 Å². The van der Waals surface area contributed by atoms with Gasteiger partial charge in [-0.15, -0.1) is 0 Å². The van der Waals surface area contributed by atoms with Crippen LogP contribution in [-0.4, -0.2) is 35.4 Å². The van der Waals surface area contributed by atoms with E-state index in [1.165, 1.54) is 0 Å². The maximum Gasteiger partial charge on any atom is 0.261 e. The average molecular weight is 473 g/mol. The summed E-state index contributed by atoms with van der Waals surface area (Å²) in [5.41, 5.74) is 5.10. The highest BCUT2D eigenvalue weighted by atomic mass is 16.5. The molecule has 0 fully saturated rings. The topological polar surface area (TPSA) is 58.6 Å². The largest absolute Gasteiger partial charge is 0.483 e. The Bertz CT molecular complexity index is 1140. The summed E-state index contributed by atoms with van der Waals surface area (Å²) in [4.78, 5) is 28.7. The minimum absolute atomic E-state index is 0.0390. The molecule has 0 spiro atoms. The minimum atomic E-state index is -0.671. The van der Waals surface area contributed by atoms with Crippen molar-refractivity contribution in [2.24, 2.45) is 0 Å². The van der Waals surface area contributed by atoms with E-state index in [2.05, 4.69) is 5.32 Å². The zero-order valence-corrected chi connectivity index (χ0v) is 21.4. The predicted molar refractivity (Wildman–Crippen MR) is 140 cm³/mol. The Balaban J connectivity index is 1.92. The van der Waals surface area contributed by atoms with Crippen LogP contribution in [0.2, 0.25) is 0 Å². The fraction of sp³-hybridized carbons (Fsp3) is 0.333. The van der Waals surface area contributed by atoms with Gasteiger partial charge in [-0.3, -0.25) is 9.59 Å². The second kappa shape index (κ2) is 12.2. The van der Waals surface area contributed by atoms with E-state index in [9.17, 15) is 9.59 Å². The minimum Gasteiger partial charge on any atom is -0.483 e. The Morgan fingerprint density at radius 1 is 0.857 bits per heavy atom. The monoisotopic (exact) mass is 472 g/mol. The summed E-state index contributed by atoms with van der Waals surface area (Å²) in [5.74, 6) is 0.281. The predicted octanol–water partition coefficient (Wildman–Crippen LogP) is 5.16. The molecule has 3 rings (SSSR count). The van der Waals surface area contributed by atoms with E-state index in [1.54, 1.807) is 4.90 Å².